The largest absolute Gasteiger partial charge is 0.309 e. The summed E-state index contributed by atoms with van der Waals surface area (Å²) in [6, 6.07) is 53.3. The smallest absolute Gasteiger partial charge is 0.0888 e. The second kappa shape index (κ2) is 8.91. The lowest BCUT2D eigenvalue weighted by atomic mass is 9.93. The Labute approximate surface area is 268 Å². The van der Waals surface area contributed by atoms with Crippen molar-refractivity contribution in [3.8, 4) is 39.2 Å². The van der Waals surface area contributed by atoms with E-state index in [-0.39, 0.29) is 0 Å². The molecule has 0 spiro atoms. The third-order valence-electron chi connectivity index (χ3n) is 9.92. The van der Waals surface area contributed by atoms with Gasteiger partial charge in [-0.25, -0.2) is 4.98 Å². The van der Waals surface area contributed by atoms with E-state index in [1.165, 1.54) is 80.4 Å². The van der Waals surface area contributed by atoms with E-state index in [1.807, 2.05) is 11.3 Å². The van der Waals surface area contributed by atoms with Gasteiger partial charge in [0.2, 0.25) is 0 Å². The summed E-state index contributed by atoms with van der Waals surface area (Å²) in [7, 11) is 0. The zero-order chi connectivity index (χ0) is 29.9. The molecule has 0 saturated heterocycles. The van der Waals surface area contributed by atoms with Crippen LogP contribution >= 0.6 is 11.3 Å². The van der Waals surface area contributed by atoms with E-state index >= 15 is 0 Å². The fourth-order valence-electron chi connectivity index (χ4n) is 8.00. The maximum Gasteiger partial charge on any atom is 0.0888 e. The van der Waals surface area contributed by atoms with Crippen LogP contribution in [0.4, 0.5) is 0 Å². The molecule has 0 bridgehead atoms. The first-order valence-corrected chi connectivity index (χ1v) is 16.5. The molecular weight excluding hydrogens is 577 g/mol. The summed E-state index contributed by atoms with van der Waals surface area (Å²) < 4.78 is 4.99. The number of hydrogen-bond donors (Lipinski definition) is 0. The minimum Gasteiger partial charge on any atom is -0.309 e. The molecule has 2 nitrogen and oxygen atoms in total. The summed E-state index contributed by atoms with van der Waals surface area (Å²) >= 11 is 1.84. The average molecular weight is 601 g/mol. The lowest BCUT2D eigenvalue weighted by Crippen LogP contribution is -1.95. The van der Waals surface area contributed by atoms with Crippen molar-refractivity contribution < 1.29 is 0 Å². The van der Waals surface area contributed by atoms with Gasteiger partial charge in [-0.05, 0) is 69.4 Å². The van der Waals surface area contributed by atoms with E-state index in [0.717, 1.165) is 22.5 Å². The first kappa shape index (κ1) is 24.5. The number of nitrogens with zero attached hydrogens (tertiary/aromatic N) is 2. The minimum atomic E-state index is 1.03. The predicted molar refractivity (Wildman–Crippen MR) is 196 cm³/mol. The van der Waals surface area contributed by atoms with E-state index in [4.69, 9.17) is 4.98 Å². The Morgan fingerprint density at radius 2 is 1.13 bits per heavy atom. The fraction of sp³-hybridized carbons (Fsp3) is 0. The van der Waals surface area contributed by atoms with Gasteiger partial charge in [-0.15, -0.1) is 11.3 Å². The molecule has 0 fully saturated rings. The molecule has 46 heavy (non-hydrogen) atoms. The monoisotopic (exact) mass is 600 g/mol. The molecule has 0 saturated carbocycles. The number of rotatable bonds is 2. The van der Waals surface area contributed by atoms with Crippen molar-refractivity contribution in [3.63, 3.8) is 0 Å². The molecule has 1 aliphatic carbocycles. The van der Waals surface area contributed by atoms with Crippen LogP contribution in [0.3, 0.4) is 0 Å². The number of para-hydroxylation sites is 1. The average Bonchev–Trinajstić information content (AvgIpc) is 3.64. The lowest BCUT2D eigenvalue weighted by molar-refractivity contribution is 1.18. The second-order valence-electron chi connectivity index (χ2n) is 12.3. The summed E-state index contributed by atoms with van der Waals surface area (Å²) in [5, 5.41) is 9.10. The number of aromatic nitrogens is 2. The Kier molecular flexibility index (Phi) is 4.75. The quantitative estimate of drug-likeness (QED) is 0.193. The normalized spacial score (nSPS) is 12.3. The van der Waals surface area contributed by atoms with Crippen LogP contribution < -0.4 is 0 Å². The zero-order valence-electron chi connectivity index (χ0n) is 24.7. The molecule has 3 heteroatoms. The molecule has 1 aliphatic rings. The van der Waals surface area contributed by atoms with Crippen molar-refractivity contribution >= 4 is 75.0 Å². The molecule has 0 radical (unpaired) electrons. The van der Waals surface area contributed by atoms with Crippen LogP contribution in [0.2, 0.25) is 0 Å². The molecule has 0 N–H and O–H groups in total. The molecule has 3 heterocycles. The molecule has 7 aromatic carbocycles. The van der Waals surface area contributed by atoms with E-state index in [2.05, 4.69) is 150 Å². The number of pyridine rings is 1. The van der Waals surface area contributed by atoms with Gasteiger partial charge in [0.1, 0.15) is 0 Å². The topological polar surface area (TPSA) is 17.8 Å². The Balaban J connectivity index is 1.18. The molecule has 0 aliphatic heterocycles. The highest BCUT2D eigenvalue weighted by molar-refractivity contribution is 7.26. The van der Waals surface area contributed by atoms with E-state index in [1.54, 1.807) is 0 Å². The SMILES string of the molecule is c1ccc2c(c1)-c1cccc3ccc4c(c13)c1c-2cccc1n4-c1ccc(-c2nc3ccccc3c3c2sc2ccccc23)cc1. The van der Waals surface area contributed by atoms with Gasteiger partial charge >= 0.3 is 0 Å². The van der Waals surface area contributed by atoms with Crippen molar-refractivity contribution in [3.05, 3.63) is 146 Å². The van der Waals surface area contributed by atoms with Crippen molar-refractivity contribution in [1.29, 1.82) is 0 Å². The Morgan fingerprint density at radius 1 is 0.457 bits per heavy atom. The second-order valence-corrected chi connectivity index (χ2v) is 13.3. The maximum atomic E-state index is 5.25. The van der Waals surface area contributed by atoms with E-state index < -0.39 is 0 Å². The van der Waals surface area contributed by atoms with Gasteiger partial charge in [0, 0.05) is 42.9 Å². The molecular formula is C43H24N2S. The van der Waals surface area contributed by atoms with Gasteiger partial charge in [-0.3, -0.25) is 0 Å². The van der Waals surface area contributed by atoms with Crippen LogP contribution in [0.15, 0.2) is 146 Å². The first-order chi connectivity index (χ1) is 22.8. The third-order valence-corrected chi connectivity index (χ3v) is 11.1. The Bertz CT molecular complexity index is 2910. The third kappa shape index (κ3) is 3.12. The van der Waals surface area contributed by atoms with Crippen molar-refractivity contribution in [2.45, 2.75) is 0 Å². The predicted octanol–water partition coefficient (Wildman–Crippen LogP) is 12.2. The molecule has 212 valence electrons. The number of thiophene rings is 1. The van der Waals surface area contributed by atoms with E-state index in [0.29, 0.717) is 0 Å². The maximum absolute atomic E-state index is 5.25. The minimum absolute atomic E-state index is 1.03. The highest BCUT2D eigenvalue weighted by atomic mass is 32.1. The van der Waals surface area contributed by atoms with Crippen molar-refractivity contribution in [1.82, 2.24) is 9.55 Å². The van der Waals surface area contributed by atoms with Gasteiger partial charge in [0.15, 0.2) is 0 Å². The molecule has 0 unspecified atom stereocenters. The number of hydrogen-bond acceptors (Lipinski definition) is 2. The van der Waals surface area contributed by atoms with Crippen LogP contribution in [0, 0.1) is 0 Å². The standard InChI is InChI=1S/C43H24N2S/c1-2-11-29-28(10-1)30-14-7-9-25-21-24-36-41(38(25)30)40-31(29)15-8-17-35(40)45(36)27-22-19-26(20-23-27)42-43-39(32-12-3-5-16-34(32)44-42)33-13-4-6-18-37(33)46-43/h1-24H. The fourth-order valence-corrected chi connectivity index (χ4v) is 9.23. The summed E-state index contributed by atoms with van der Waals surface area (Å²) in [5.74, 6) is 0. The van der Waals surface area contributed by atoms with E-state index in [9.17, 15) is 0 Å². The van der Waals surface area contributed by atoms with Gasteiger partial charge in [0.25, 0.3) is 0 Å². The van der Waals surface area contributed by atoms with Gasteiger partial charge in [0.05, 0.1) is 26.9 Å². The van der Waals surface area contributed by atoms with Gasteiger partial charge in [-0.1, -0.05) is 109 Å². The molecule has 0 atom stereocenters. The highest BCUT2D eigenvalue weighted by Gasteiger charge is 2.24. The summed E-state index contributed by atoms with van der Waals surface area (Å²) in [6.07, 6.45) is 0. The molecule has 0 amide bonds. The van der Waals surface area contributed by atoms with Gasteiger partial charge in [-0.2, -0.15) is 0 Å². The summed E-state index contributed by atoms with van der Waals surface area (Å²) in [6.45, 7) is 0. The van der Waals surface area contributed by atoms with Crippen LogP contribution in [0.5, 0.6) is 0 Å². The molecule has 3 aromatic heterocycles. The van der Waals surface area contributed by atoms with Crippen LogP contribution in [-0.4, -0.2) is 9.55 Å². The van der Waals surface area contributed by atoms with Crippen LogP contribution in [0.1, 0.15) is 0 Å². The van der Waals surface area contributed by atoms with Crippen LogP contribution in [-0.2, 0) is 0 Å². The lowest BCUT2D eigenvalue weighted by Gasteiger charge is -2.14. The first-order valence-electron chi connectivity index (χ1n) is 15.7. The highest BCUT2D eigenvalue weighted by Crippen LogP contribution is 2.49. The van der Waals surface area contributed by atoms with Crippen LogP contribution in [0.25, 0.3) is 103 Å². The Morgan fingerprint density at radius 3 is 1.98 bits per heavy atom. The zero-order valence-corrected chi connectivity index (χ0v) is 25.5. The number of benzene rings is 7. The molecule has 10 aromatic rings. The van der Waals surface area contributed by atoms with Crippen molar-refractivity contribution in [2.75, 3.05) is 0 Å². The Hall–Kier alpha value is -5.77. The number of fused-ring (bicyclic) bond motifs is 8. The molecule has 11 rings (SSSR count). The van der Waals surface area contributed by atoms with Crippen molar-refractivity contribution in [2.24, 2.45) is 0 Å². The van der Waals surface area contributed by atoms with Gasteiger partial charge < -0.3 is 4.57 Å². The summed E-state index contributed by atoms with van der Waals surface area (Å²) in [5.41, 5.74) is 12.0. The summed E-state index contributed by atoms with van der Waals surface area (Å²) in [4.78, 5) is 5.25.